The Hall–Kier alpha value is -3.26. The standard InChI is InChI=1S/C66H104N2O4S4.C34H50Br2N2O4S2.C16H27S.3C4H9.Sn/c1-5-9-13-17-21-25-29-33-37-41-45-53-49-55(73-51-53)57-59-62(76-63(67-59)65(69)71-47-43-39-35-31-27-23-19-15-11-7-3)58(56-50-54(52-74-56)46-42-38-34-30-26-22-18-14-10-6-2)60-61(57)75-64(68-60)66(70)72-48-44-40-36-32-28-24-20-16-12-8-4;1-3-5-7-9-11-13-15-17-19-21-23-41-33(39)31-37-27-25(35)30-28(26(36)29(27)43-31)38-32(44-30)34(40)42-24-22-20-18-16-14-12-10-8-6-4-2;1-2-3-4-5-6-7-8-9-10-11-12-16-13-14-17-15-16;3*1-3-4-2;/h49-52H,5-48H2,1-4H3;3-24H2,1-2H3;13,15H,2-12H2,1H3;3*1,3-4H2,2H3;. The summed E-state index contributed by atoms with van der Waals surface area (Å²) in [5.74, 6) is -1.48. The number of halogens is 2. The van der Waals surface area contributed by atoms with E-state index >= 15 is 0 Å². The fraction of sp³-hybridized carbons (Fsp3) is 0.750. The quantitative estimate of drug-likeness (QED) is 0.0154. The predicted octanol–water partition coefficient (Wildman–Crippen LogP) is 46.3. The number of carbonyl (C=O) groups is 4. The zero-order valence-corrected chi connectivity index (χ0v) is 108. The van der Waals surface area contributed by atoms with E-state index in [4.69, 9.17) is 28.9 Å². The van der Waals surface area contributed by atoms with Crippen molar-refractivity contribution in [3.05, 3.63) is 80.0 Å². The molecule has 0 spiro atoms. The molecule has 0 N–H and O–H groups in total. The van der Waals surface area contributed by atoms with Crippen molar-refractivity contribution in [1.29, 1.82) is 0 Å². The summed E-state index contributed by atoms with van der Waals surface area (Å²) in [6.07, 6.45) is 102. The Balaban J connectivity index is 0.000000344. The molecule has 0 aliphatic carbocycles. The number of unbranched alkanes of at least 4 members (excludes halogenated alkanes) is 66. The van der Waals surface area contributed by atoms with Gasteiger partial charge >= 0.3 is 204 Å². The molecule has 150 heavy (non-hydrogen) atoms. The zero-order chi connectivity index (χ0) is 107. The Labute approximate surface area is 963 Å². The Morgan fingerprint density at radius 2 is 0.427 bits per heavy atom. The molecule has 0 aliphatic heterocycles. The van der Waals surface area contributed by atoms with E-state index in [0.717, 1.165) is 124 Å². The number of thiazole rings is 4. The van der Waals surface area contributed by atoms with Gasteiger partial charge < -0.3 is 18.9 Å². The number of fused-ring (bicyclic) bond motifs is 4. The molecule has 9 rings (SSSR count). The Morgan fingerprint density at radius 3 is 0.660 bits per heavy atom. The van der Waals surface area contributed by atoms with Crippen LogP contribution >= 0.6 is 111 Å². The molecule has 0 unspecified atom stereocenters. The number of aryl methyl sites for hydroxylation is 3. The van der Waals surface area contributed by atoms with Crippen LogP contribution < -0.4 is 2.89 Å². The number of hydrogen-bond acceptors (Lipinski definition) is 19. The van der Waals surface area contributed by atoms with Crippen LogP contribution in [0.3, 0.4) is 0 Å². The first-order valence-corrected chi connectivity index (χ1v) is 77.4. The summed E-state index contributed by atoms with van der Waals surface area (Å²) in [5, 5.41) is 8.60. The van der Waals surface area contributed by atoms with E-state index in [1.54, 1.807) is 41.5 Å². The van der Waals surface area contributed by atoms with Gasteiger partial charge in [0.15, 0.2) is 0 Å². The van der Waals surface area contributed by atoms with Gasteiger partial charge in [-0.1, -0.05) is 408 Å². The summed E-state index contributed by atoms with van der Waals surface area (Å²) in [7, 11) is 0. The van der Waals surface area contributed by atoms with Crippen molar-refractivity contribution in [2.45, 2.75) is 590 Å². The predicted molar refractivity (Wildman–Crippen MR) is 672 cm³/mol. The van der Waals surface area contributed by atoms with Crippen LogP contribution in [0.15, 0.2) is 43.3 Å². The molecule has 0 atom stereocenters. The van der Waals surface area contributed by atoms with Gasteiger partial charge in [0.25, 0.3) is 0 Å². The number of hydrogen-bond donors (Lipinski definition) is 0. The van der Waals surface area contributed by atoms with E-state index in [9.17, 15) is 19.2 Å². The van der Waals surface area contributed by atoms with Crippen LogP contribution in [0, 0.1) is 0 Å². The summed E-state index contributed by atoms with van der Waals surface area (Å²) in [6, 6.07) is 7.40. The van der Waals surface area contributed by atoms with Gasteiger partial charge in [-0.2, -0.15) is 0 Å². The minimum absolute atomic E-state index is 0.322. The number of esters is 4. The summed E-state index contributed by atoms with van der Waals surface area (Å²) in [6.45, 7) is 24.7. The van der Waals surface area contributed by atoms with Crippen molar-refractivity contribution in [1.82, 2.24) is 19.9 Å². The topological polar surface area (TPSA) is 157 Å². The van der Waals surface area contributed by atoms with Crippen molar-refractivity contribution in [2.75, 3.05) is 26.4 Å². The number of benzene rings is 2. The number of rotatable bonds is 93. The van der Waals surface area contributed by atoms with Crippen molar-refractivity contribution in [3.63, 3.8) is 0 Å². The van der Waals surface area contributed by atoms with Gasteiger partial charge in [-0.3, -0.25) is 0 Å². The van der Waals surface area contributed by atoms with Gasteiger partial charge in [-0.05, 0) is 117 Å². The maximum atomic E-state index is 14.0. The fourth-order valence-electron chi connectivity index (χ4n) is 20.9. The normalized spacial score (nSPS) is 11.7. The first-order chi connectivity index (χ1) is 73.7. The van der Waals surface area contributed by atoms with Crippen molar-refractivity contribution >= 4 is 197 Å². The number of thiophene rings is 3. The Kier molecular flexibility index (Phi) is 77.2. The molecular weight excluding hydrogens is 2220 g/mol. The molecule has 9 aromatic rings. The van der Waals surface area contributed by atoms with E-state index in [1.165, 1.54) is 500 Å². The number of carbonyl (C=O) groups excluding carboxylic acids is 4. The second-order valence-electron chi connectivity index (χ2n) is 43.8. The molecule has 0 saturated heterocycles. The molecule has 0 fully saturated rings. The van der Waals surface area contributed by atoms with E-state index < -0.39 is 30.3 Å². The van der Waals surface area contributed by atoms with Gasteiger partial charge in [-0.25, -0.2) is 39.1 Å². The molecule has 0 aliphatic rings. The van der Waals surface area contributed by atoms with Gasteiger partial charge in [0, 0.05) is 20.9 Å². The van der Waals surface area contributed by atoms with Gasteiger partial charge in [-0.15, -0.1) is 68.0 Å². The molecule has 12 nitrogen and oxygen atoms in total. The molecule has 7 heterocycles. The first kappa shape index (κ1) is 134. The Bertz CT molecular complexity index is 4560. The van der Waals surface area contributed by atoms with E-state index in [1.807, 2.05) is 2.89 Å². The second kappa shape index (κ2) is 86.6. The first-order valence-electron chi connectivity index (χ1n) is 62.4. The average molecular weight is 2430 g/mol. The van der Waals surface area contributed by atoms with E-state index in [-0.39, 0.29) is 11.9 Å². The summed E-state index contributed by atoms with van der Waals surface area (Å²) in [5.41, 5.74) is 9.26. The molecule has 2 aromatic carbocycles. The van der Waals surface area contributed by atoms with Crippen molar-refractivity contribution in [3.8, 4) is 20.9 Å². The fourth-order valence-corrected chi connectivity index (χ4v) is 48.6. The van der Waals surface area contributed by atoms with E-state index in [2.05, 4.69) is 157 Å². The summed E-state index contributed by atoms with van der Waals surface area (Å²) < 4.78 is 34.8. The molecule has 0 amide bonds. The third-order valence-electron chi connectivity index (χ3n) is 30.3. The molecule has 22 heteroatoms. The van der Waals surface area contributed by atoms with Crippen molar-refractivity contribution in [2.24, 2.45) is 0 Å². The van der Waals surface area contributed by atoms with Crippen LogP contribution in [0.25, 0.3) is 61.7 Å². The Morgan fingerprint density at radius 1 is 0.233 bits per heavy atom. The number of nitrogens with zero attached hydrogens (tertiary/aromatic N) is 4. The summed E-state index contributed by atoms with van der Waals surface area (Å²) in [4.78, 5) is 75.3. The zero-order valence-electron chi connectivity index (χ0n) is 96.4. The third-order valence-corrected chi connectivity index (χ3v) is 57.9. The molecule has 0 radical (unpaired) electrons. The molecule has 7 aromatic heterocycles. The van der Waals surface area contributed by atoms with Crippen LogP contribution in [-0.4, -0.2) is 88.6 Å². The van der Waals surface area contributed by atoms with Crippen molar-refractivity contribution < 1.29 is 38.1 Å². The molecular formula is C128H208Br2N4O8S7Sn. The molecule has 0 saturated carbocycles. The third kappa shape index (κ3) is 53.4. The van der Waals surface area contributed by atoms with Crippen LogP contribution in [0.5, 0.6) is 0 Å². The number of aromatic nitrogens is 4. The SMILES string of the molecule is CCCCCCCCCCCCOC(=O)c1nc2c(-c3cc(CCCCCCCCCCCC)cs3)c3sc(C(=O)OCCCCCCCCCCCC)nc3c(-c3cc(CCCCCCCCCCCC)cs3)c2s1.CCCCCCCCCCCCOC(=O)c1nc2c(Br)c3sc(C(=O)OCCCCCCCCCCCC)nc3c(Br)c2s1.CCCCCCCCCCCCc1cs[c]([Sn]([CH2]CCC)([CH2]CCC)[CH2]CCC)c1. The average Bonchev–Trinajstić information content (AvgIpc) is 1.56. The van der Waals surface area contributed by atoms with Gasteiger partial charge in [0.05, 0.1) is 76.2 Å². The molecule has 848 valence electrons. The molecule has 0 bridgehead atoms. The van der Waals surface area contributed by atoms with Crippen LogP contribution in [-0.2, 0) is 38.2 Å². The number of ether oxygens (including phenoxy) is 4. The maximum absolute atomic E-state index is 14.0. The van der Waals surface area contributed by atoms with E-state index in [0.29, 0.717) is 57.5 Å². The minimum atomic E-state index is -2.17. The monoisotopic (exact) mass is 2430 g/mol. The van der Waals surface area contributed by atoms with Crippen LogP contribution in [0.2, 0.25) is 13.3 Å². The summed E-state index contributed by atoms with van der Waals surface area (Å²) >= 11 is 16.2. The second-order valence-corrected chi connectivity index (χ2v) is 66.3. The van der Waals surface area contributed by atoms with Crippen LogP contribution in [0.1, 0.15) is 613 Å². The van der Waals surface area contributed by atoms with Crippen LogP contribution in [0.4, 0.5) is 0 Å². The van der Waals surface area contributed by atoms with Gasteiger partial charge in [0.2, 0.25) is 20.0 Å². The van der Waals surface area contributed by atoms with Gasteiger partial charge in [0.1, 0.15) is 0 Å².